The lowest BCUT2D eigenvalue weighted by Gasteiger charge is -2.45. The van der Waals surface area contributed by atoms with Crippen molar-refractivity contribution in [2.24, 2.45) is 0 Å². The summed E-state index contributed by atoms with van der Waals surface area (Å²) < 4.78 is 16.0. The average Bonchev–Trinajstić information content (AvgIpc) is 3.05. The molecule has 0 aromatic heterocycles. The summed E-state index contributed by atoms with van der Waals surface area (Å²) in [6, 6.07) is -2.36. The van der Waals surface area contributed by atoms with E-state index in [4.69, 9.17) is 14.2 Å². The fourth-order valence-electron chi connectivity index (χ4n) is 4.07. The first-order valence-corrected chi connectivity index (χ1v) is 10.1. The average molecular weight is 464 g/mol. The SMILES string of the molecule is CCOC(=O)C1=C([C@@H]2O[C@H](CO)[C@@H](O)[C@H]2O)NC(=O)NC1[C@@H]1O[C@H](CO)[C@H](O)[C@H](O)[C@H]1O. The van der Waals surface area contributed by atoms with Gasteiger partial charge in [0.1, 0.15) is 54.9 Å². The quantitative estimate of drug-likeness (QED) is 0.168. The maximum absolute atomic E-state index is 12.8. The van der Waals surface area contributed by atoms with Crippen molar-refractivity contribution < 1.29 is 59.5 Å². The summed E-state index contributed by atoms with van der Waals surface area (Å²) in [5.74, 6) is -0.991. The number of ether oxygens (including phenoxy) is 3. The Balaban J connectivity index is 2.07. The van der Waals surface area contributed by atoms with Crippen LogP contribution in [0.4, 0.5) is 4.79 Å². The van der Waals surface area contributed by atoms with E-state index >= 15 is 0 Å². The molecule has 32 heavy (non-hydrogen) atoms. The third-order valence-corrected chi connectivity index (χ3v) is 5.72. The van der Waals surface area contributed by atoms with Gasteiger partial charge in [-0.25, -0.2) is 9.59 Å². The zero-order valence-electron chi connectivity index (χ0n) is 17.1. The van der Waals surface area contributed by atoms with E-state index in [2.05, 4.69) is 10.6 Å². The number of amides is 2. The number of hydrogen-bond donors (Lipinski definition) is 9. The number of rotatable bonds is 6. The number of esters is 1. The smallest absolute Gasteiger partial charge is 0.338 e. The van der Waals surface area contributed by atoms with Crippen LogP contribution in [0.15, 0.2) is 11.3 Å². The Kier molecular flexibility index (Phi) is 7.69. The molecule has 0 bridgehead atoms. The molecule has 0 spiro atoms. The molecule has 1 unspecified atom stereocenters. The molecule has 3 rings (SSSR count). The number of nitrogens with one attached hydrogen (secondary N) is 2. The number of carbonyl (C=O) groups is 2. The Morgan fingerprint density at radius 2 is 1.53 bits per heavy atom. The van der Waals surface area contributed by atoms with Gasteiger partial charge in [0, 0.05) is 0 Å². The largest absolute Gasteiger partial charge is 0.463 e. The zero-order valence-corrected chi connectivity index (χ0v) is 17.1. The molecule has 9 N–H and O–H groups in total. The van der Waals surface area contributed by atoms with Gasteiger partial charge in [0.2, 0.25) is 0 Å². The predicted molar refractivity (Wildman–Crippen MR) is 101 cm³/mol. The summed E-state index contributed by atoms with van der Waals surface area (Å²) in [6.07, 6.45) is -13.9. The summed E-state index contributed by atoms with van der Waals surface area (Å²) in [5, 5.41) is 74.6. The Morgan fingerprint density at radius 3 is 2.09 bits per heavy atom. The van der Waals surface area contributed by atoms with Crippen LogP contribution in [0.2, 0.25) is 0 Å². The van der Waals surface area contributed by atoms with E-state index < -0.39 is 86.2 Å². The number of carbonyl (C=O) groups excluding carboxylic acids is 2. The lowest BCUT2D eigenvalue weighted by atomic mass is 9.85. The minimum absolute atomic E-state index is 0.0824. The van der Waals surface area contributed by atoms with Crippen molar-refractivity contribution in [1.29, 1.82) is 0 Å². The summed E-state index contributed by atoms with van der Waals surface area (Å²) in [5.41, 5.74) is -0.637. The molecule has 3 aliphatic rings. The molecule has 2 saturated heterocycles. The molecule has 0 aromatic rings. The maximum Gasteiger partial charge on any atom is 0.338 e. The van der Waals surface area contributed by atoms with E-state index in [0.717, 1.165) is 0 Å². The molecule has 14 heteroatoms. The van der Waals surface area contributed by atoms with Gasteiger partial charge in [0.05, 0.1) is 37.1 Å². The lowest BCUT2D eigenvalue weighted by Crippen LogP contribution is -2.67. The molecule has 14 nitrogen and oxygen atoms in total. The second kappa shape index (κ2) is 9.94. The summed E-state index contributed by atoms with van der Waals surface area (Å²) >= 11 is 0. The van der Waals surface area contributed by atoms with Crippen molar-refractivity contribution in [3.8, 4) is 0 Å². The minimum atomic E-state index is -1.80. The topological polar surface area (TPSA) is 227 Å². The monoisotopic (exact) mass is 464 g/mol. The van der Waals surface area contributed by atoms with Gasteiger partial charge >= 0.3 is 12.0 Å². The molecule has 3 aliphatic heterocycles. The normalized spacial score (nSPS) is 42.4. The Hall–Kier alpha value is -1.88. The summed E-state index contributed by atoms with van der Waals surface area (Å²) in [6.45, 7) is 0.0444. The van der Waals surface area contributed by atoms with Crippen LogP contribution in [-0.4, -0.2) is 129 Å². The van der Waals surface area contributed by atoms with Gasteiger partial charge < -0.3 is 60.6 Å². The summed E-state index contributed by atoms with van der Waals surface area (Å²) in [7, 11) is 0. The fourth-order valence-corrected chi connectivity index (χ4v) is 4.07. The number of hydrogen-bond acceptors (Lipinski definition) is 12. The van der Waals surface area contributed by atoms with Crippen LogP contribution in [-0.2, 0) is 19.0 Å². The maximum atomic E-state index is 12.8. The van der Waals surface area contributed by atoms with Crippen LogP contribution in [0.1, 0.15) is 6.92 Å². The molecule has 10 atom stereocenters. The van der Waals surface area contributed by atoms with E-state index in [1.807, 2.05) is 0 Å². The Morgan fingerprint density at radius 1 is 0.938 bits per heavy atom. The second-order valence-electron chi connectivity index (χ2n) is 7.68. The van der Waals surface area contributed by atoms with Gasteiger partial charge in [-0.3, -0.25) is 0 Å². The molecular formula is C18H28N2O12. The molecule has 2 fully saturated rings. The van der Waals surface area contributed by atoms with Gasteiger partial charge in [-0.1, -0.05) is 0 Å². The first kappa shape index (κ1) is 24.8. The van der Waals surface area contributed by atoms with Crippen LogP contribution in [0.5, 0.6) is 0 Å². The van der Waals surface area contributed by atoms with Crippen molar-refractivity contribution in [2.75, 3.05) is 19.8 Å². The van der Waals surface area contributed by atoms with Crippen molar-refractivity contribution in [3.05, 3.63) is 11.3 Å². The van der Waals surface area contributed by atoms with E-state index in [1.165, 1.54) is 6.92 Å². The third kappa shape index (κ3) is 4.33. The van der Waals surface area contributed by atoms with Crippen LogP contribution < -0.4 is 10.6 Å². The van der Waals surface area contributed by atoms with Crippen LogP contribution in [0.25, 0.3) is 0 Å². The van der Waals surface area contributed by atoms with Gasteiger partial charge in [0.25, 0.3) is 0 Å². The molecule has 0 aromatic carbocycles. The van der Waals surface area contributed by atoms with Gasteiger partial charge in [-0.15, -0.1) is 0 Å². The fraction of sp³-hybridized carbons (Fsp3) is 0.778. The highest BCUT2D eigenvalue weighted by Gasteiger charge is 2.53. The Bertz CT molecular complexity index is 745. The molecule has 3 heterocycles. The number of aliphatic hydroxyl groups excluding tert-OH is 7. The first-order chi connectivity index (χ1) is 15.2. The van der Waals surface area contributed by atoms with Crippen molar-refractivity contribution >= 4 is 12.0 Å². The minimum Gasteiger partial charge on any atom is -0.463 e. The second-order valence-corrected chi connectivity index (χ2v) is 7.68. The van der Waals surface area contributed by atoms with Crippen molar-refractivity contribution in [3.63, 3.8) is 0 Å². The van der Waals surface area contributed by atoms with E-state index in [-0.39, 0.29) is 17.9 Å². The number of aliphatic hydroxyl groups is 7. The van der Waals surface area contributed by atoms with Gasteiger partial charge in [-0.2, -0.15) is 0 Å². The predicted octanol–water partition coefficient (Wildman–Crippen LogP) is -5.19. The highest BCUT2D eigenvalue weighted by atomic mass is 16.6. The molecule has 0 saturated carbocycles. The highest BCUT2D eigenvalue weighted by molar-refractivity contribution is 5.95. The van der Waals surface area contributed by atoms with E-state index in [0.29, 0.717) is 0 Å². The molecule has 0 aliphatic carbocycles. The standard InChI is InChI=1S/C18H28N2O12/c1-2-30-17(28)7-8(15-13(26)11(24)6(4-22)32-15)19-18(29)20-9(7)16-14(27)12(25)10(23)5(3-21)31-16/h5-6,9-16,21-27H,2-4H2,1H3,(H2,19,20,29)/t5-,6-,9?,10+,11-,12+,13-,14-,15+,16+/m1/s1. The van der Waals surface area contributed by atoms with Gasteiger partial charge in [-0.05, 0) is 6.92 Å². The molecular weight excluding hydrogens is 436 g/mol. The highest BCUT2D eigenvalue weighted by Crippen LogP contribution is 2.33. The van der Waals surface area contributed by atoms with Crippen LogP contribution in [0, 0.1) is 0 Å². The molecule has 2 amide bonds. The van der Waals surface area contributed by atoms with Crippen molar-refractivity contribution in [1.82, 2.24) is 10.6 Å². The lowest BCUT2D eigenvalue weighted by molar-refractivity contribution is -0.233. The zero-order chi connectivity index (χ0) is 23.7. The third-order valence-electron chi connectivity index (χ3n) is 5.72. The summed E-state index contributed by atoms with van der Waals surface area (Å²) in [4.78, 5) is 25.2. The number of urea groups is 1. The molecule has 0 radical (unpaired) electrons. The first-order valence-electron chi connectivity index (χ1n) is 10.1. The van der Waals surface area contributed by atoms with Crippen molar-refractivity contribution in [2.45, 2.75) is 67.9 Å². The van der Waals surface area contributed by atoms with E-state index in [9.17, 15) is 45.3 Å². The Labute approximate surface area is 182 Å². The van der Waals surface area contributed by atoms with Crippen LogP contribution >= 0.6 is 0 Å². The van der Waals surface area contributed by atoms with Gasteiger partial charge in [0.15, 0.2) is 0 Å². The molecule has 182 valence electrons. The van der Waals surface area contributed by atoms with Crippen LogP contribution in [0.3, 0.4) is 0 Å². The van der Waals surface area contributed by atoms with E-state index in [1.54, 1.807) is 0 Å².